The van der Waals surface area contributed by atoms with Crippen molar-refractivity contribution in [2.45, 2.75) is 10.8 Å². The number of hydrogen-bond donors (Lipinski definition) is 1. The molecule has 0 bridgehead atoms. The van der Waals surface area contributed by atoms with Crippen LogP contribution in [-0.2, 0) is 5.88 Å². The summed E-state index contributed by atoms with van der Waals surface area (Å²) < 4.78 is 0. The van der Waals surface area contributed by atoms with Gasteiger partial charge in [-0.15, -0.1) is 23.4 Å². The minimum absolute atomic E-state index is 0.468. The maximum absolute atomic E-state index is 5.70. The van der Waals surface area contributed by atoms with Gasteiger partial charge in [-0.05, 0) is 18.4 Å². The van der Waals surface area contributed by atoms with Crippen LogP contribution in [-0.4, -0.2) is 16.2 Å². The Morgan fingerprint density at radius 2 is 2.07 bits per heavy atom. The van der Waals surface area contributed by atoms with E-state index >= 15 is 0 Å². The molecule has 0 atom stereocenters. The molecule has 2 nitrogen and oxygen atoms in total. The van der Waals surface area contributed by atoms with Crippen molar-refractivity contribution in [2.75, 3.05) is 6.26 Å². The maximum Gasteiger partial charge on any atom is 0.137 e. The Labute approximate surface area is 98.1 Å². The van der Waals surface area contributed by atoms with E-state index in [-0.39, 0.29) is 0 Å². The molecule has 0 fully saturated rings. The molecule has 0 aliphatic rings. The monoisotopic (exact) mass is 238 g/mol. The van der Waals surface area contributed by atoms with Gasteiger partial charge in [0.2, 0.25) is 0 Å². The smallest absolute Gasteiger partial charge is 0.137 e. The number of nitrogens with one attached hydrogen (secondary N) is 1. The molecule has 0 aliphatic carbocycles. The number of hydrogen-bond acceptors (Lipinski definition) is 2. The van der Waals surface area contributed by atoms with Gasteiger partial charge in [-0.25, -0.2) is 4.98 Å². The number of rotatable bonds is 3. The van der Waals surface area contributed by atoms with E-state index in [0.29, 0.717) is 5.88 Å². The molecule has 0 unspecified atom stereocenters. The minimum Gasteiger partial charge on any atom is -0.341 e. The first-order chi connectivity index (χ1) is 7.33. The molecule has 1 N–H and O–H groups in total. The fourth-order valence-corrected chi connectivity index (χ4v) is 1.87. The van der Waals surface area contributed by atoms with Crippen molar-refractivity contribution in [1.82, 2.24) is 9.97 Å². The van der Waals surface area contributed by atoms with Gasteiger partial charge in [-0.3, -0.25) is 0 Å². The lowest BCUT2D eigenvalue weighted by Crippen LogP contribution is -1.81. The number of aromatic amines is 1. The first kappa shape index (κ1) is 10.6. The molecule has 78 valence electrons. The topological polar surface area (TPSA) is 28.7 Å². The molecule has 2 aromatic rings. The van der Waals surface area contributed by atoms with E-state index in [0.717, 1.165) is 17.1 Å². The minimum atomic E-state index is 0.468. The number of alkyl halides is 1. The molecule has 0 radical (unpaired) electrons. The predicted molar refractivity (Wildman–Crippen MR) is 65.4 cm³/mol. The number of imidazole rings is 1. The van der Waals surface area contributed by atoms with Crippen molar-refractivity contribution in [3.05, 3.63) is 36.2 Å². The van der Waals surface area contributed by atoms with Crippen molar-refractivity contribution in [3.63, 3.8) is 0 Å². The van der Waals surface area contributed by atoms with Crippen LogP contribution in [0.2, 0.25) is 0 Å². The lowest BCUT2D eigenvalue weighted by atomic mass is 10.2. The Kier molecular flexibility index (Phi) is 3.34. The van der Waals surface area contributed by atoms with E-state index in [4.69, 9.17) is 11.6 Å². The standard InChI is InChI=1S/C11H11ClN2S/c1-15-10-4-2-8(3-5-10)11-13-7-9(6-12)14-11/h2-5,7H,6H2,1H3,(H,13,14). The number of H-pyrrole nitrogens is 1. The van der Waals surface area contributed by atoms with Gasteiger partial charge in [-0.1, -0.05) is 12.1 Å². The second-order valence-electron chi connectivity index (χ2n) is 3.12. The fourth-order valence-electron chi connectivity index (χ4n) is 1.32. The second kappa shape index (κ2) is 4.73. The lowest BCUT2D eigenvalue weighted by molar-refractivity contribution is 1.22. The van der Waals surface area contributed by atoms with Crippen molar-refractivity contribution in [2.24, 2.45) is 0 Å². The molecule has 2 rings (SSSR count). The highest BCUT2D eigenvalue weighted by molar-refractivity contribution is 7.98. The summed E-state index contributed by atoms with van der Waals surface area (Å²) in [5.41, 5.74) is 2.03. The van der Waals surface area contributed by atoms with Crippen LogP contribution in [0.5, 0.6) is 0 Å². The SMILES string of the molecule is CSc1ccc(-c2ncc(CCl)[nH]2)cc1. The van der Waals surface area contributed by atoms with E-state index < -0.39 is 0 Å². The van der Waals surface area contributed by atoms with Crippen molar-refractivity contribution in [3.8, 4) is 11.4 Å². The summed E-state index contributed by atoms with van der Waals surface area (Å²) in [4.78, 5) is 8.69. The van der Waals surface area contributed by atoms with Gasteiger partial charge >= 0.3 is 0 Å². The molecule has 1 aromatic heterocycles. The Morgan fingerprint density at radius 3 is 2.60 bits per heavy atom. The number of thioether (sulfide) groups is 1. The molecule has 0 amide bonds. The van der Waals surface area contributed by atoms with Gasteiger partial charge in [0, 0.05) is 22.3 Å². The molecular formula is C11H11ClN2S. The fraction of sp³-hybridized carbons (Fsp3) is 0.182. The maximum atomic E-state index is 5.70. The first-order valence-electron chi connectivity index (χ1n) is 4.58. The number of nitrogens with zero attached hydrogens (tertiary/aromatic N) is 1. The largest absolute Gasteiger partial charge is 0.341 e. The third-order valence-corrected chi connectivity index (χ3v) is 3.17. The van der Waals surface area contributed by atoms with Crippen LogP contribution < -0.4 is 0 Å². The summed E-state index contributed by atoms with van der Waals surface area (Å²) in [6, 6.07) is 8.29. The first-order valence-corrected chi connectivity index (χ1v) is 6.33. The van der Waals surface area contributed by atoms with Gasteiger partial charge in [-0.2, -0.15) is 0 Å². The van der Waals surface area contributed by atoms with E-state index in [9.17, 15) is 0 Å². The molecule has 15 heavy (non-hydrogen) atoms. The highest BCUT2D eigenvalue weighted by Gasteiger charge is 2.02. The van der Waals surface area contributed by atoms with Crippen molar-refractivity contribution in [1.29, 1.82) is 0 Å². The van der Waals surface area contributed by atoms with Crippen molar-refractivity contribution >= 4 is 23.4 Å². The molecule has 0 saturated carbocycles. The molecular weight excluding hydrogens is 228 g/mol. The summed E-state index contributed by atoms with van der Waals surface area (Å²) in [5, 5.41) is 0. The van der Waals surface area contributed by atoms with Crippen LogP contribution >= 0.6 is 23.4 Å². The molecule has 1 aromatic carbocycles. The van der Waals surface area contributed by atoms with E-state index in [1.165, 1.54) is 4.90 Å². The van der Waals surface area contributed by atoms with Gasteiger partial charge < -0.3 is 4.98 Å². The van der Waals surface area contributed by atoms with E-state index in [1.54, 1.807) is 18.0 Å². The summed E-state index contributed by atoms with van der Waals surface area (Å²) in [6.07, 6.45) is 3.83. The Hall–Kier alpha value is -0.930. The zero-order valence-electron chi connectivity index (χ0n) is 8.33. The lowest BCUT2D eigenvalue weighted by Gasteiger charge is -1.98. The van der Waals surface area contributed by atoms with Crippen LogP contribution in [0.15, 0.2) is 35.4 Å². The van der Waals surface area contributed by atoms with E-state index in [2.05, 4.69) is 40.5 Å². The third-order valence-electron chi connectivity index (χ3n) is 2.14. The normalized spacial score (nSPS) is 10.5. The third kappa shape index (κ3) is 2.36. The summed E-state index contributed by atoms with van der Waals surface area (Å²) in [5.74, 6) is 1.34. The average molecular weight is 239 g/mol. The van der Waals surface area contributed by atoms with Crippen LogP contribution in [0.1, 0.15) is 5.69 Å². The number of halogens is 1. The van der Waals surface area contributed by atoms with Crippen molar-refractivity contribution < 1.29 is 0 Å². The molecule has 0 spiro atoms. The average Bonchev–Trinajstić information content (AvgIpc) is 2.78. The summed E-state index contributed by atoms with van der Waals surface area (Å²) in [7, 11) is 0. The Bertz CT molecular complexity index is 436. The molecule has 4 heteroatoms. The zero-order chi connectivity index (χ0) is 10.7. The van der Waals surface area contributed by atoms with Gasteiger partial charge in [0.15, 0.2) is 0 Å². The molecule has 0 saturated heterocycles. The summed E-state index contributed by atoms with van der Waals surface area (Å²) >= 11 is 7.43. The second-order valence-corrected chi connectivity index (χ2v) is 4.27. The van der Waals surface area contributed by atoms with Crippen LogP contribution in [0.25, 0.3) is 11.4 Å². The Morgan fingerprint density at radius 1 is 1.33 bits per heavy atom. The molecule has 0 aliphatic heterocycles. The molecule has 1 heterocycles. The quantitative estimate of drug-likeness (QED) is 0.655. The van der Waals surface area contributed by atoms with Crippen LogP contribution in [0.3, 0.4) is 0 Å². The van der Waals surface area contributed by atoms with Crippen LogP contribution in [0, 0.1) is 0 Å². The Balaban J connectivity index is 2.28. The van der Waals surface area contributed by atoms with E-state index in [1.807, 2.05) is 0 Å². The van der Waals surface area contributed by atoms with Crippen LogP contribution in [0.4, 0.5) is 0 Å². The highest BCUT2D eigenvalue weighted by atomic mass is 35.5. The zero-order valence-corrected chi connectivity index (χ0v) is 9.90. The van der Waals surface area contributed by atoms with Gasteiger partial charge in [0.05, 0.1) is 5.88 Å². The number of benzene rings is 1. The summed E-state index contributed by atoms with van der Waals surface area (Å²) in [6.45, 7) is 0. The van der Waals surface area contributed by atoms with Gasteiger partial charge in [0.1, 0.15) is 5.82 Å². The predicted octanol–water partition coefficient (Wildman–Crippen LogP) is 3.54. The van der Waals surface area contributed by atoms with Gasteiger partial charge in [0.25, 0.3) is 0 Å². The highest BCUT2D eigenvalue weighted by Crippen LogP contribution is 2.20. The number of aromatic nitrogens is 2.